The third-order valence-corrected chi connectivity index (χ3v) is 3.98. The first-order valence-electron chi connectivity index (χ1n) is 7.32. The number of aromatic nitrogens is 1. The summed E-state index contributed by atoms with van der Waals surface area (Å²) in [6.07, 6.45) is 2.34. The van der Waals surface area contributed by atoms with Crippen LogP contribution in [-0.4, -0.2) is 27.3 Å². The molecule has 0 saturated heterocycles. The van der Waals surface area contributed by atoms with E-state index in [0.717, 1.165) is 5.39 Å². The van der Waals surface area contributed by atoms with Crippen LogP contribution in [-0.2, 0) is 14.9 Å². The zero-order valence-electron chi connectivity index (χ0n) is 12.9. The van der Waals surface area contributed by atoms with Crippen LogP contribution >= 0.6 is 0 Å². The highest BCUT2D eigenvalue weighted by atomic mass is 16.6. The molecular weight excluding hydrogens is 282 g/mol. The third kappa shape index (κ3) is 2.26. The van der Waals surface area contributed by atoms with Crippen LogP contribution in [0.25, 0.3) is 10.9 Å². The Labute approximate surface area is 128 Å². The van der Waals surface area contributed by atoms with E-state index >= 15 is 0 Å². The van der Waals surface area contributed by atoms with Gasteiger partial charge in [0.25, 0.3) is 0 Å². The third-order valence-electron chi connectivity index (χ3n) is 3.98. The molecule has 1 heterocycles. The number of para-hydroxylation sites is 1. The van der Waals surface area contributed by atoms with Gasteiger partial charge in [0, 0.05) is 11.6 Å². The van der Waals surface area contributed by atoms with Crippen LogP contribution in [0.3, 0.4) is 0 Å². The van der Waals surface area contributed by atoms with E-state index in [-0.39, 0.29) is 0 Å². The van der Waals surface area contributed by atoms with Gasteiger partial charge >= 0.3 is 12.1 Å². The molecule has 0 atom stereocenters. The van der Waals surface area contributed by atoms with Crippen molar-refractivity contribution in [3.8, 4) is 0 Å². The number of benzene rings is 1. The molecule has 0 spiro atoms. The lowest BCUT2D eigenvalue weighted by Gasteiger charge is -2.19. The fourth-order valence-corrected chi connectivity index (χ4v) is 2.75. The van der Waals surface area contributed by atoms with Crippen LogP contribution in [0.5, 0.6) is 0 Å². The Kier molecular flexibility index (Phi) is 3.06. The molecule has 5 nitrogen and oxygen atoms in total. The van der Waals surface area contributed by atoms with Gasteiger partial charge in [-0.1, -0.05) is 18.2 Å². The zero-order chi connectivity index (χ0) is 16.1. The maximum absolute atomic E-state index is 12.4. The topological polar surface area (TPSA) is 68.5 Å². The number of carbonyl (C=O) groups is 2. The number of hydrogen-bond donors (Lipinski definition) is 1. The molecule has 0 aliphatic heterocycles. The van der Waals surface area contributed by atoms with E-state index in [1.165, 1.54) is 4.57 Å². The Morgan fingerprint density at radius 1 is 1.23 bits per heavy atom. The first-order valence-corrected chi connectivity index (χ1v) is 7.32. The summed E-state index contributed by atoms with van der Waals surface area (Å²) in [5.41, 5.74) is -0.0831. The lowest BCUT2D eigenvalue weighted by Crippen LogP contribution is -2.27. The normalized spacial score (nSPS) is 16.5. The molecule has 22 heavy (non-hydrogen) atoms. The number of hydrogen-bond acceptors (Lipinski definition) is 3. The second-order valence-electron chi connectivity index (χ2n) is 6.80. The Hall–Kier alpha value is -2.30. The molecular formula is C17H19NO4. The number of carbonyl (C=O) groups excluding carboxylic acids is 1. The van der Waals surface area contributed by atoms with Crippen LogP contribution in [0.1, 0.15) is 39.2 Å². The second-order valence-corrected chi connectivity index (χ2v) is 6.80. The molecule has 1 aromatic heterocycles. The van der Waals surface area contributed by atoms with Crippen molar-refractivity contribution in [3.63, 3.8) is 0 Å². The molecule has 116 valence electrons. The highest BCUT2D eigenvalue weighted by Gasteiger charge is 2.53. The fourth-order valence-electron chi connectivity index (χ4n) is 2.75. The van der Waals surface area contributed by atoms with Crippen molar-refractivity contribution >= 4 is 23.0 Å². The summed E-state index contributed by atoms with van der Waals surface area (Å²) in [5.74, 6) is -0.834. The molecule has 0 radical (unpaired) electrons. The molecule has 3 rings (SSSR count). The first kappa shape index (κ1) is 14.6. The lowest BCUT2D eigenvalue weighted by molar-refractivity contribution is -0.140. The number of carboxylic acids is 1. The van der Waals surface area contributed by atoms with Crippen molar-refractivity contribution in [2.45, 2.75) is 44.6 Å². The number of nitrogens with zero attached hydrogens (tertiary/aromatic N) is 1. The summed E-state index contributed by atoms with van der Waals surface area (Å²) in [4.78, 5) is 24.0. The molecule has 5 heteroatoms. The van der Waals surface area contributed by atoms with Crippen LogP contribution < -0.4 is 0 Å². The number of rotatable bonds is 2. The minimum atomic E-state index is -0.854. The Balaban J connectivity index is 2.13. The standard InChI is InChI=1S/C17H19NO4/c1-16(2,3)22-15(21)18-10-12(17(8-9-17)14(19)20)11-6-4-5-7-13(11)18/h4-7,10H,8-9H2,1-3H3,(H,19,20). The summed E-state index contributed by atoms with van der Waals surface area (Å²) in [6, 6.07) is 7.34. The van der Waals surface area contributed by atoms with Gasteiger partial charge in [0.05, 0.1) is 10.9 Å². The summed E-state index contributed by atoms with van der Waals surface area (Å²) < 4.78 is 6.83. The van der Waals surface area contributed by atoms with Crippen molar-refractivity contribution in [2.75, 3.05) is 0 Å². The Bertz CT molecular complexity index is 763. The van der Waals surface area contributed by atoms with Crippen molar-refractivity contribution < 1.29 is 19.4 Å². The van der Waals surface area contributed by atoms with Gasteiger partial charge in [-0.15, -0.1) is 0 Å². The van der Waals surface area contributed by atoms with Crippen molar-refractivity contribution in [1.82, 2.24) is 4.57 Å². The number of carboxylic acid groups (broad SMARTS) is 1. The molecule has 1 aliphatic carbocycles. The van der Waals surface area contributed by atoms with E-state index in [1.807, 2.05) is 18.2 Å². The van der Waals surface area contributed by atoms with E-state index in [4.69, 9.17) is 4.74 Å². The van der Waals surface area contributed by atoms with Gasteiger partial charge in [0.1, 0.15) is 5.60 Å². The van der Waals surface area contributed by atoms with E-state index in [1.54, 1.807) is 33.0 Å². The van der Waals surface area contributed by atoms with E-state index in [9.17, 15) is 14.7 Å². The minimum Gasteiger partial charge on any atom is -0.481 e. The quantitative estimate of drug-likeness (QED) is 0.921. The zero-order valence-corrected chi connectivity index (χ0v) is 12.9. The summed E-state index contributed by atoms with van der Waals surface area (Å²) >= 11 is 0. The van der Waals surface area contributed by atoms with Gasteiger partial charge in [0.2, 0.25) is 0 Å². The predicted octanol–water partition coefficient (Wildman–Crippen LogP) is 3.54. The number of fused-ring (bicyclic) bond motifs is 1. The number of ether oxygens (including phenoxy) is 1. The van der Waals surface area contributed by atoms with E-state index < -0.39 is 23.1 Å². The summed E-state index contributed by atoms with van der Waals surface area (Å²) in [5, 5.41) is 10.3. The molecule has 0 unspecified atom stereocenters. The van der Waals surface area contributed by atoms with Gasteiger partial charge in [-0.2, -0.15) is 0 Å². The van der Waals surface area contributed by atoms with Crippen LogP contribution in [0.2, 0.25) is 0 Å². The maximum atomic E-state index is 12.4. The Morgan fingerprint density at radius 2 is 1.86 bits per heavy atom. The van der Waals surface area contributed by atoms with Crippen LogP contribution in [0.4, 0.5) is 4.79 Å². The summed E-state index contributed by atoms with van der Waals surface area (Å²) in [7, 11) is 0. The van der Waals surface area contributed by atoms with Gasteiger partial charge in [-0.05, 0) is 45.2 Å². The van der Waals surface area contributed by atoms with Crippen LogP contribution in [0.15, 0.2) is 30.5 Å². The Morgan fingerprint density at radius 3 is 2.41 bits per heavy atom. The average molecular weight is 301 g/mol. The number of aliphatic carboxylic acids is 1. The van der Waals surface area contributed by atoms with Gasteiger partial charge in [-0.3, -0.25) is 9.36 Å². The van der Waals surface area contributed by atoms with Gasteiger partial charge < -0.3 is 9.84 Å². The highest BCUT2D eigenvalue weighted by Crippen LogP contribution is 2.51. The van der Waals surface area contributed by atoms with E-state index in [0.29, 0.717) is 23.9 Å². The monoisotopic (exact) mass is 301 g/mol. The van der Waals surface area contributed by atoms with Crippen molar-refractivity contribution in [1.29, 1.82) is 0 Å². The highest BCUT2D eigenvalue weighted by molar-refractivity contribution is 5.98. The average Bonchev–Trinajstić information content (AvgIpc) is 3.12. The van der Waals surface area contributed by atoms with Crippen LogP contribution in [0, 0.1) is 0 Å². The largest absolute Gasteiger partial charge is 0.481 e. The molecule has 1 aliphatic rings. The van der Waals surface area contributed by atoms with Gasteiger partial charge in [-0.25, -0.2) is 4.79 Å². The summed E-state index contributed by atoms with van der Waals surface area (Å²) in [6.45, 7) is 5.41. The molecule has 2 aromatic rings. The fraction of sp³-hybridized carbons (Fsp3) is 0.412. The molecule has 1 fully saturated rings. The lowest BCUT2D eigenvalue weighted by atomic mass is 9.96. The SMILES string of the molecule is CC(C)(C)OC(=O)n1cc(C2(C(=O)O)CC2)c2ccccc21. The molecule has 1 aromatic carbocycles. The second kappa shape index (κ2) is 4.60. The predicted molar refractivity (Wildman–Crippen MR) is 82.1 cm³/mol. The van der Waals surface area contributed by atoms with Crippen molar-refractivity contribution in [3.05, 3.63) is 36.0 Å². The van der Waals surface area contributed by atoms with Gasteiger partial charge in [0.15, 0.2) is 0 Å². The molecule has 1 N–H and O–H groups in total. The molecule has 0 amide bonds. The van der Waals surface area contributed by atoms with Crippen molar-refractivity contribution in [2.24, 2.45) is 0 Å². The smallest absolute Gasteiger partial charge is 0.419 e. The van der Waals surface area contributed by atoms with E-state index in [2.05, 4.69) is 0 Å². The maximum Gasteiger partial charge on any atom is 0.419 e. The molecule has 0 bridgehead atoms. The minimum absolute atomic E-state index is 0.490. The first-order chi connectivity index (χ1) is 10.2. The molecule has 1 saturated carbocycles.